The fourth-order valence-electron chi connectivity index (χ4n) is 3.39. The zero-order valence-electron chi connectivity index (χ0n) is 18.1. The van der Waals surface area contributed by atoms with Gasteiger partial charge < -0.3 is 4.74 Å². The van der Waals surface area contributed by atoms with Crippen LogP contribution in [0.4, 0.5) is 14.9 Å². The van der Waals surface area contributed by atoms with Crippen LogP contribution in [0.1, 0.15) is 22.3 Å². The van der Waals surface area contributed by atoms with Gasteiger partial charge in [-0.3, -0.25) is 14.9 Å². The average Bonchev–Trinajstić information content (AvgIpc) is 2.79. The van der Waals surface area contributed by atoms with E-state index in [-0.39, 0.29) is 18.0 Å². The number of ether oxygens (including phenoxy) is 1. The highest BCUT2D eigenvalue weighted by Crippen LogP contribution is 2.27. The van der Waals surface area contributed by atoms with Crippen molar-refractivity contribution in [1.29, 1.82) is 0 Å². The second-order valence-electron chi connectivity index (χ2n) is 7.68. The molecule has 166 valence electrons. The predicted octanol–water partition coefficient (Wildman–Crippen LogP) is 4.69. The molecule has 0 radical (unpaired) electrons. The van der Waals surface area contributed by atoms with Crippen LogP contribution in [0.3, 0.4) is 0 Å². The van der Waals surface area contributed by atoms with Crippen molar-refractivity contribution < 1.29 is 23.5 Å². The topological polar surface area (TPSA) is 75.7 Å². The number of hydrogen-bond acceptors (Lipinski definition) is 4. The van der Waals surface area contributed by atoms with Gasteiger partial charge in [-0.25, -0.2) is 14.1 Å². The maximum Gasteiger partial charge on any atom is 0.335 e. The highest BCUT2D eigenvalue weighted by molar-refractivity contribution is 6.39. The monoisotopic (exact) mass is 444 g/mol. The first-order valence-corrected chi connectivity index (χ1v) is 10.3. The van der Waals surface area contributed by atoms with Gasteiger partial charge in [-0.15, -0.1) is 0 Å². The summed E-state index contributed by atoms with van der Waals surface area (Å²) >= 11 is 0. The Labute approximate surface area is 190 Å². The first-order chi connectivity index (χ1) is 15.8. The minimum absolute atomic E-state index is 0.174. The maximum absolute atomic E-state index is 13.2. The molecule has 0 saturated carbocycles. The molecule has 0 unspecified atom stereocenters. The number of carbonyl (C=O) groups excluding carboxylic acids is 3. The van der Waals surface area contributed by atoms with Crippen LogP contribution in [0.5, 0.6) is 5.75 Å². The van der Waals surface area contributed by atoms with E-state index in [1.807, 2.05) is 19.9 Å². The molecule has 4 amide bonds. The summed E-state index contributed by atoms with van der Waals surface area (Å²) in [5.41, 5.74) is 3.37. The number of hydrogen-bond donors (Lipinski definition) is 1. The van der Waals surface area contributed by atoms with Crippen molar-refractivity contribution >= 4 is 29.6 Å². The van der Waals surface area contributed by atoms with Crippen LogP contribution in [-0.4, -0.2) is 17.8 Å². The lowest BCUT2D eigenvalue weighted by molar-refractivity contribution is -0.122. The SMILES string of the molecule is Cc1ccc(N2C(=O)NC(=O)/C(=C\c3ccccc3OCc3ccc(F)cc3)C2=O)cc1C. The van der Waals surface area contributed by atoms with Gasteiger partial charge in [0.2, 0.25) is 0 Å². The van der Waals surface area contributed by atoms with Crippen LogP contribution >= 0.6 is 0 Å². The van der Waals surface area contributed by atoms with Crippen molar-refractivity contribution in [2.75, 3.05) is 4.90 Å². The van der Waals surface area contributed by atoms with E-state index in [4.69, 9.17) is 4.74 Å². The fraction of sp³-hybridized carbons (Fsp3) is 0.115. The van der Waals surface area contributed by atoms with Gasteiger partial charge in [-0.1, -0.05) is 36.4 Å². The third-order valence-corrected chi connectivity index (χ3v) is 5.38. The number of benzene rings is 3. The van der Waals surface area contributed by atoms with Crippen molar-refractivity contribution in [3.63, 3.8) is 0 Å². The van der Waals surface area contributed by atoms with E-state index >= 15 is 0 Å². The lowest BCUT2D eigenvalue weighted by Gasteiger charge is -2.27. The van der Waals surface area contributed by atoms with Crippen molar-refractivity contribution in [2.24, 2.45) is 0 Å². The normalized spacial score (nSPS) is 15.1. The predicted molar refractivity (Wildman–Crippen MR) is 122 cm³/mol. The van der Waals surface area contributed by atoms with Gasteiger partial charge >= 0.3 is 6.03 Å². The number of imide groups is 2. The molecule has 1 N–H and O–H groups in total. The number of aryl methyl sites for hydroxylation is 2. The molecule has 3 aromatic rings. The Bertz CT molecular complexity index is 1280. The van der Waals surface area contributed by atoms with Gasteiger partial charge in [0.05, 0.1) is 5.69 Å². The lowest BCUT2D eigenvalue weighted by Crippen LogP contribution is -2.54. The van der Waals surface area contributed by atoms with Crippen LogP contribution in [0.25, 0.3) is 6.08 Å². The number of amides is 4. The molecule has 3 aromatic carbocycles. The molecule has 0 aromatic heterocycles. The smallest absolute Gasteiger partial charge is 0.335 e. The highest BCUT2D eigenvalue weighted by Gasteiger charge is 2.37. The molecule has 0 spiro atoms. The van der Waals surface area contributed by atoms with Gasteiger partial charge in [-0.05, 0) is 66.9 Å². The summed E-state index contributed by atoms with van der Waals surface area (Å²) < 4.78 is 19.0. The van der Waals surface area contributed by atoms with E-state index in [9.17, 15) is 18.8 Å². The largest absolute Gasteiger partial charge is 0.488 e. The van der Waals surface area contributed by atoms with E-state index in [0.717, 1.165) is 21.6 Å². The summed E-state index contributed by atoms with van der Waals surface area (Å²) in [4.78, 5) is 39.1. The van der Waals surface area contributed by atoms with Gasteiger partial charge in [0.15, 0.2) is 0 Å². The minimum Gasteiger partial charge on any atom is -0.488 e. The Morgan fingerprint density at radius 2 is 1.67 bits per heavy atom. The van der Waals surface area contributed by atoms with Crippen LogP contribution < -0.4 is 15.0 Å². The average molecular weight is 444 g/mol. The molecule has 4 rings (SSSR count). The zero-order chi connectivity index (χ0) is 23.5. The first-order valence-electron chi connectivity index (χ1n) is 10.3. The van der Waals surface area contributed by atoms with Gasteiger partial charge in [0.1, 0.15) is 23.7 Å². The quantitative estimate of drug-likeness (QED) is 0.458. The molecular formula is C26H21FN2O4. The number of rotatable bonds is 5. The van der Waals surface area contributed by atoms with Crippen LogP contribution in [0.15, 0.2) is 72.3 Å². The van der Waals surface area contributed by atoms with E-state index in [1.165, 1.54) is 18.2 Å². The van der Waals surface area contributed by atoms with Crippen LogP contribution in [-0.2, 0) is 16.2 Å². The second-order valence-corrected chi connectivity index (χ2v) is 7.68. The Balaban J connectivity index is 1.64. The number of halogens is 1. The third-order valence-electron chi connectivity index (χ3n) is 5.38. The van der Waals surface area contributed by atoms with Gasteiger partial charge in [-0.2, -0.15) is 0 Å². The number of para-hydroxylation sites is 1. The van der Waals surface area contributed by atoms with E-state index < -0.39 is 17.8 Å². The Hall–Kier alpha value is -4.26. The summed E-state index contributed by atoms with van der Waals surface area (Å²) in [7, 11) is 0. The summed E-state index contributed by atoms with van der Waals surface area (Å²) in [5.74, 6) is -1.41. The molecular weight excluding hydrogens is 423 g/mol. The molecule has 1 fully saturated rings. The number of carbonyl (C=O) groups is 3. The van der Waals surface area contributed by atoms with Crippen LogP contribution in [0, 0.1) is 19.7 Å². The van der Waals surface area contributed by atoms with Crippen LogP contribution in [0.2, 0.25) is 0 Å². The summed E-state index contributed by atoms with van der Waals surface area (Å²) in [6.07, 6.45) is 1.40. The van der Waals surface area contributed by atoms with Crippen molar-refractivity contribution in [1.82, 2.24) is 5.32 Å². The number of nitrogens with one attached hydrogen (secondary N) is 1. The van der Waals surface area contributed by atoms with Crippen molar-refractivity contribution in [2.45, 2.75) is 20.5 Å². The molecule has 1 saturated heterocycles. The minimum atomic E-state index is -0.800. The molecule has 7 heteroatoms. The van der Waals surface area contributed by atoms with Crippen molar-refractivity contribution in [3.05, 3.63) is 100 Å². The molecule has 6 nitrogen and oxygen atoms in total. The molecule has 1 aliphatic rings. The molecule has 33 heavy (non-hydrogen) atoms. The lowest BCUT2D eigenvalue weighted by atomic mass is 10.0. The second kappa shape index (κ2) is 9.08. The Morgan fingerprint density at radius 3 is 2.39 bits per heavy atom. The number of barbiturate groups is 1. The third kappa shape index (κ3) is 4.67. The Morgan fingerprint density at radius 1 is 0.939 bits per heavy atom. The Kier molecular flexibility index (Phi) is 6.04. The number of nitrogens with zero attached hydrogens (tertiary/aromatic N) is 1. The maximum atomic E-state index is 13.2. The molecule has 0 bridgehead atoms. The van der Waals surface area contributed by atoms with Crippen molar-refractivity contribution in [3.8, 4) is 5.75 Å². The van der Waals surface area contributed by atoms with E-state index in [2.05, 4.69) is 5.32 Å². The highest BCUT2D eigenvalue weighted by atomic mass is 19.1. The number of anilines is 1. The summed E-state index contributed by atoms with van der Waals surface area (Å²) in [6, 6.07) is 17.2. The first kappa shape index (κ1) is 22.0. The van der Waals surface area contributed by atoms with Gasteiger partial charge in [0.25, 0.3) is 11.8 Å². The standard InChI is InChI=1S/C26H21FN2O4/c1-16-7-12-21(13-17(16)2)29-25(31)22(24(30)28-26(29)32)14-19-5-3-4-6-23(19)33-15-18-8-10-20(27)11-9-18/h3-14H,15H2,1-2H3,(H,28,30,32)/b22-14+. The van der Waals surface area contributed by atoms with Gasteiger partial charge in [0, 0.05) is 5.56 Å². The molecule has 0 aliphatic carbocycles. The zero-order valence-corrected chi connectivity index (χ0v) is 18.1. The summed E-state index contributed by atoms with van der Waals surface area (Å²) in [6.45, 7) is 3.98. The van der Waals surface area contributed by atoms with E-state index in [0.29, 0.717) is 17.0 Å². The fourth-order valence-corrected chi connectivity index (χ4v) is 3.39. The molecule has 1 heterocycles. The molecule has 0 atom stereocenters. The molecule has 1 aliphatic heterocycles. The van der Waals surface area contributed by atoms with E-state index in [1.54, 1.807) is 48.5 Å². The summed E-state index contributed by atoms with van der Waals surface area (Å²) in [5, 5.41) is 2.23. The number of urea groups is 1.